The summed E-state index contributed by atoms with van der Waals surface area (Å²) in [6.45, 7) is 3.93. The van der Waals surface area contributed by atoms with Crippen LogP contribution in [0.2, 0.25) is 0 Å². The molecule has 4 rings (SSSR count). The second-order valence-electron chi connectivity index (χ2n) is 5.72. The summed E-state index contributed by atoms with van der Waals surface area (Å²) in [5, 5.41) is 7.01. The Morgan fingerprint density at radius 1 is 1.12 bits per heavy atom. The highest BCUT2D eigenvalue weighted by molar-refractivity contribution is 7.16. The lowest BCUT2D eigenvalue weighted by molar-refractivity contribution is 0.0931. The van der Waals surface area contributed by atoms with E-state index < -0.39 is 6.17 Å². The lowest BCUT2D eigenvalue weighted by Gasteiger charge is -2.24. The number of hydrogen-bond acceptors (Lipinski definition) is 4. The van der Waals surface area contributed by atoms with Crippen molar-refractivity contribution in [2.24, 2.45) is 0 Å². The number of halogens is 1. The van der Waals surface area contributed by atoms with E-state index in [9.17, 15) is 9.18 Å². The molecule has 1 atom stereocenters. The number of benzene rings is 1. The van der Waals surface area contributed by atoms with Crippen LogP contribution >= 0.6 is 11.3 Å². The SMILES string of the molecule is Cc1sc2c(c1C)C(=O)N[C@H](c1ccc(-c3ccccc3F)o1)N2. The number of rotatable bonds is 2. The Labute approximate surface area is 142 Å². The fraction of sp³-hybridized carbons (Fsp3) is 0.167. The predicted molar refractivity (Wildman–Crippen MR) is 91.7 cm³/mol. The number of fused-ring (bicyclic) bond motifs is 1. The zero-order valence-electron chi connectivity index (χ0n) is 13.1. The molecular weight excluding hydrogens is 327 g/mol. The zero-order chi connectivity index (χ0) is 16.8. The lowest BCUT2D eigenvalue weighted by Crippen LogP contribution is -2.37. The predicted octanol–water partition coefficient (Wildman–Crippen LogP) is 4.62. The first kappa shape index (κ1) is 15.0. The summed E-state index contributed by atoms with van der Waals surface area (Å²) >= 11 is 1.55. The van der Waals surface area contributed by atoms with Gasteiger partial charge in [-0.1, -0.05) is 12.1 Å². The number of amides is 1. The van der Waals surface area contributed by atoms with Gasteiger partial charge in [0.05, 0.1) is 11.1 Å². The van der Waals surface area contributed by atoms with Crippen molar-refractivity contribution in [2.75, 3.05) is 5.32 Å². The van der Waals surface area contributed by atoms with Crippen LogP contribution in [0, 0.1) is 19.7 Å². The van der Waals surface area contributed by atoms with Crippen molar-refractivity contribution in [3.8, 4) is 11.3 Å². The molecule has 0 aliphatic carbocycles. The van der Waals surface area contributed by atoms with Gasteiger partial charge in [-0.05, 0) is 43.7 Å². The minimum Gasteiger partial charge on any atom is -0.457 e. The number of anilines is 1. The van der Waals surface area contributed by atoms with Gasteiger partial charge >= 0.3 is 0 Å². The van der Waals surface area contributed by atoms with E-state index in [0.717, 1.165) is 15.4 Å². The first-order valence-corrected chi connectivity index (χ1v) is 8.38. The smallest absolute Gasteiger partial charge is 0.256 e. The van der Waals surface area contributed by atoms with Crippen LogP contribution < -0.4 is 10.6 Å². The van der Waals surface area contributed by atoms with E-state index in [1.165, 1.54) is 6.07 Å². The molecule has 6 heteroatoms. The highest BCUT2D eigenvalue weighted by atomic mass is 32.1. The van der Waals surface area contributed by atoms with E-state index in [0.29, 0.717) is 22.6 Å². The van der Waals surface area contributed by atoms with Crippen LogP contribution in [-0.4, -0.2) is 5.91 Å². The third-order valence-electron chi connectivity index (χ3n) is 4.21. The monoisotopic (exact) mass is 342 g/mol. The molecule has 122 valence electrons. The summed E-state index contributed by atoms with van der Waals surface area (Å²) in [7, 11) is 0. The van der Waals surface area contributed by atoms with Crippen LogP contribution in [0.5, 0.6) is 0 Å². The van der Waals surface area contributed by atoms with E-state index >= 15 is 0 Å². The number of furan rings is 1. The molecule has 0 spiro atoms. The summed E-state index contributed by atoms with van der Waals surface area (Å²) in [5.74, 6) is 0.504. The minimum absolute atomic E-state index is 0.126. The molecule has 3 aromatic rings. The summed E-state index contributed by atoms with van der Waals surface area (Å²) < 4.78 is 19.7. The summed E-state index contributed by atoms with van der Waals surface area (Å²) in [6, 6.07) is 9.90. The fourth-order valence-corrected chi connectivity index (χ4v) is 3.91. The van der Waals surface area contributed by atoms with Crippen LogP contribution in [0.3, 0.4) is 0 Å². The average Bonchev–Trinajstić information content (AvgIpc) is 3.14. The molecule has 1 aliphatic heterocycles. The number of nitrogens with one attached hydrogen (secondary N) is 2. The lowest BCUT2D eigenvalue weighted by atomic mass is 10.1. The van der Waals surface area contributed by atoms with Gasteiger partial charge in [0.2, 0.25) is 0 Å². The fourth-order valence-electron chi connectivity index (χ4n) is 2.83. The van der Waals surface area contributed by atoms with Crippen LogP contribution in [0.4, 0.5) is 9.39 Å². The Bertz CT molecular complexity index is 944. The normalized spacial score (nSPS) is 16.5. The van der Waals surface area contributed by atoms with E-state index in [4.69, 9.17) is 4.42 Å². The average molecular weight is 342 g/mol. The molecule has 0 fully saturated rings. The van der Waals surface area contributed by atoms with Crippen LogP contribution in [0.1, 0.15) is 32.7 Å². The minimum atomic E-state index is -0.469. The molecule has 2 aromatic heterocycles. The molecular formula is C18H15FN2O2S. The van der Waals surface area contributed by atoms with Gasteiger partial charge in [-0.25, -0.2) is 4.39 Å². The maximum Gasteiger partial charge on any atom is 0.256 e. The molecule has 3 heterocycles. The standard InChI is InChI=1S/C18H15FN2O2S/c1-9-10(2)24-18-15(9)17(22)20-16(21-18)14-8-7-13(23-14)11-5-3-4-6-12(11)19/h3-8,16,21H,1-2H3,(H,20,22)/t16-/m0/s1. The van der Waals surface area contributed by atoms with E-state index in [1.807, 2.05) is 13.8 Å². The van der Waals surface area contributed by atoms with Crippen LogP contribution in [-0.2, 0) is 0 Å². The first-order valence-electron chi connectivity index (χ1n) is 7.56. The Balaban J connectivity index is 1.67. The Hall–Kier alpha value is -2.60. The molecule has 0 saturated carbocycles. The van der Waals surface area contributed by atoms with Crippen molar-refractivity contribution in [3.05, 3.63) is 64.0 Å². The first-order chi connectivity index (χ1) is 11.5. The molecule has 0 unspecified atom stereocenters. The number of carbonyl (C=O) groups is 1. The number of aryl methyl sites for hydroxylation is 1. The molecule has 0 saturated heterocycles. The van der Waals surface area contributed by atoms with Gasteiger partial charge in [-0.2, -0.15) is 0 Å². The van der Waals surface area contributed by atoms with Crippen molar-refractivity contribution >= 4 is 22.2 Å². The van der Waals surface area contributed by atoms with Crippen molar-refractivity contribution in [1.29, 1.82) is 0 Å². The van der Waals surface area contributed by atoms with Gasteiger partial charge in [-0.15, -0.1) is 11.3 Å². The Morgan fingerprint density at radius 3 is 2.71 bits per heavy atom. The maximum absolute atomic E-state index is 13.9. The number of carbonyl (C=O) groups excluding carboxylic acids is 1. The highest BCUT2D eigenvalue weighted by Crippen LogP contribution is 2.38. The highest BCUT2D eigenvalue weighted by Gasteiger charge is 2.30. The van der Waals surface area contributed by atoms with Gasteiger partial charge < -0.3 is 15.1 Å². The molecule has 24 heavy (non-hydrogen) atoms. The third-order valence-corrected chi connectivity index (χ3v) is 5.35. The largest absolute Gasteiger partial charge is 0.457 e. The summed E-state index contributed by atoms with van der Waals surface area (Å²) in [5.41, 5.74) is 2.08. The Morgan fingerprint density at radius 2 is 1.92 bits per heavy atom. The van der Waals surface area contributed by atoms with Crippen LogP contribution in [0.25, 0.3) is 11.3 Å². The van der Waals surface area contributed by atoms with E-state index in [2.05, 4.69) is 10.6 Å². The molecule has 0 radical (unpaired) electrons. The second-order valence-corrected chi connectivity index (χ2v) is 6.94. The maximum atomic E-state index is 13.9. The van der Waals surface area contributed by atoms with Gasteiger partial charge in [0, 0.05) is 4.88 Å². The quantitative estimate of drug-likeness (QED) is 0.714. The molecule has 1 aromatic carbocycles. The van der Waals surface area contributed by atoms with Crippen molar-refractivity contribution in [2.45, 2.75) is 20.0 Å². The van der Waals surface area contributed by atoms with Gasteiger partial charge in [0.15, 0.2) is 6.17 Å². The van der Waals surface area contributed by atoms with Gasteiger partial charge in [0.1, 0.15) is 22.3 Å². The second kappa shape index (κ2) is 5.49. The van der Waals surface area contributed by atoms with Crippen molar-refractivity contribution < 1.29 is 13.6 Å². The summed E-state index contributed by atoms with van der Waals surface area (Å²) in [6.07, 6.45) is -0.469. The van der Waals surface area contributed by atoms with Crippen molar-refractivity contribution in [3.63, 3.8) is 0 Å². The van der Waals surface area contributed by atoms with Crippen LogP contribution in [0.15, 0.2) is 40.8 Å². The van der Waals surface area contributed by atoms with Crippen molar-refractivity contribution in [1.82, 2.24) is 5.32 Å². The van der Waals surface area contributed by atoms with Gasteiger partial charge in [-0.3, -0.25) is 4.79 Å². The van der Waals surface area contributed by atoms with E-state index in [-0.39, 0.29) is 11.7 Å². The molecule has 1 aliphatic rings. The molecule has 1 amide bonds. The third kappa shape index (κ3) is 2.30. The molecule has 2 N–H and O–H groups in total. The molecule has 0 bridgehead atoms. The molecule has 4 nitrogen and oxygen atoms in total. The number of hydrogen-bond donors (Lipinski definition) is 2. The van der Waals surface area contributed by atoms with E-state index in [1.54, 1.807) is 41.7 Å². The Kier molecular flexibility index (Phi) is 3.42. The number of thiophene rings is 1. The zero-order valence-corrected chi connectivity index (χ0v) is 14.0. The van der Waals surface area contributed by atoms with Gasteiger partial charge in [0.25, 0.3) is 5.91 Å². The topological polar surface area (TPSA) is 54.3 Å². The summed E-state index contributed by atoms with van der Waals surface area (Å²) in [4.78, 5) is 13.5.